The van der Waals surface area contributed by atoms with E-state index in [1.165, 1.54) is 17.8 Å². The summed E-state index contributed by atoms with van der Waals surface area (Å²) >= 11 is 0. The van der Waals surface area contributed by atoms with Crippen LogP contribution in [-0.2, 0) is 19.9 Å². The number of aromatic amines is 1. The number of nitrogens with two attached hydrogens (primary N) is 1. The van der Waals surface area contributed by atoms with Crippen LogP contribution >= 0.6 is 0 Å². The minimum Gasteiger partial charge on any atom is -0.497 e. The number of carbonyl (C=O) groups excluding carboxylic acids is 1. The molecule has 1 aliphatic heterocycles. The predicted octanol–water partition coefficient (Wildman–Crippen LogP) is 5.86. The smallest absolute Gasteiger partial charge is 0.300 e. The standard InChI is InChI=1S/C42H43N5O8/c1-25(2)27-11-17-33(18-12-27)54-42(26(3)48,37-34(49)23-35(53-37)47-24-44-36-38(47)45-40(43)46-39(36)50)55-41(28-9-7-6-8-10-28,29-13-19-31(51-4)20-14-29)30-15-21-32(52-5)22-16-30/h6-22,24-25,34-35,37,49H,23H2,1-5H3,(H3,43,45,46,50)/t34-,35+,37-,42?/m0/s1. The van der Waals surface area contributed by atoms with Crippen LogP contribution < -0.4 is 25.5 Å². The summed E-state index contributed by atoms with van der Waals surface area (Å²) in [6.45, 7) is 5.50. The van der Waals surface area contributed by atoms with E-state index in [0.29, 0.717) is 33.9 Å². The molecule has 13 nitrogen and oxygen atoms in total. The zero-order valence-electron chi connectivity index (χ0n) is 31.1. The van der Waals surface area contributed by atoms with E-state index < -0.39 is 41.2 Å². The molecule has 0 radical (unpaired) electrons. The number of methoxy groups -OCH3 is 2. The van der Waals surface area contributed by atoms with E-state index in [2.05, 4.69) is 28.8 Å². The van der Waals surface area contributed by atoms with Crippen LogP contribution in [0.3, 0.4) is 0 Å². The number of nitrogen functional groups attached to an aromatic ring is 1. The van der Waals surface area contributed by atoms with Gasteiger partial charge in [0.2, 0.25) is 11.7 Å². The monoisotopic (exact) mass is 745 g/mol. The number of Topliss-reactive ketones (excluding diaryl/α,β-unsaturated/α-hetero) is 1. The van der Waals surface area contributed by atoms with Crippen LogP contribution in [0.15, 0.2) is 114 Å². The summed E-state index contributed by atoms with van der Waals surface area (Å²) in [4.78, 5) is 38.3. The number of ketones is 1. The Labute approximate surface area is 317 Å². The van der Waals surface area contributed by atoms with Gasteiger partial charge < -0.3 is 34.5 Å². The number of H-pyrrole nitrogens is 1. The third-order valence-electron chi connectivity index (χ3n) is 10.0. The van der Waals surface area contributed by atoms with E-state index in [-0.39, 0.29) is 29.5 Å². The molecule has 0 bridgehead atoms. The summed E-state index contributed by atoms with van der Waals surface area (Å²) < 4.78 is 33.5. The summed E-state index contributed by atoms with van der Waals surface area (Å²) in [5, 5.41) is 12.0. The quantitative estimate of drug-likeness (QED) is 0.0955. The highest BCUT2D eigenvalue weighted by molar-refractivity contribution is 5.85. The molecule has 0 aliphatic carbocycles. The number of imidazole rings is 1. The zero-order valence-corrected chi connectivity index (χ0v) is 31.1. The van der Waals surface area contributed by atoms with E-state index >= 15 is 0 Å². The number of nitrogens with one attached hydrogen (secondary N) is 1. The second-order valence-electron chi connectivity index (χ2n) is 13.7. The van der Waals surface area contributed by atoms with Crippen molar-refractivity contribution in [3.63, 3.8) is 0 Å². The Morgan fingerprint density at radius 1 is 0.891 bits per heavy atom. The number of aromatic nitrogens is 4. The number of fused-ring (bicyclic) bond motifs is 1. The fourth-order valence-electron chi connectivity index (χ4n) is 7.13. The number of hydrogen-bond acceptors (Lipinski definition) is 11. The maximum atomic E-state index is 14.7. The van der Waals surface area contributed by atoms with Crippen molar-refractivity contribution in [3.8, 4) is 17.2 Å². The minimum absolute atomic E-state index is 0.0356. The third kappa shape index (κ3) is 6.82. The molecule has 1 unspecified atom stereocenters. The molecule has 1 fully saturated rings. The van der Waals surface area contributed by atoms with E-state index in [0.717, 1.165) is 5.56 Å². The van der Waals surface area contributed by atoms with Gasteiger partial charge in [0.15, 0.2) is 17.3 Å². The van der Waals surface area contributed by atoms with Crippen molar-refractivity contribution in [1.29, 1.82) is 0 Å². The van der Waals surface area contributed by atoms with E-state index in [1.54, 1.807) is 26.4 Å². The summed E-state index contributed by atoms with van der Waals surface area (Å²) in [5.74, 6) is -1.25. The van der Waals surface area contributed by atoms with Crippen LogP contribution in [0.1, 0.15) is 61.6 Å². The Morgan fingerprint density at radius 2 is 1.45 bits per heavy atom. The van der Waals surface area contributed by atoms with Crippen molar-refractivity contribution in [1.82, 2.24) is 19.5 Å². The van der Waals surface area contributed by atoms with Crippen molar-refractivity contribution >= 4 is 22.9 Å². The number of hydrogen-bond donors (Lipinski definition) is 3. The van der Waals surface area contributed by atoms with Gasteiger partial charge in [0, 0.05) is 13.3 Å². The molecule has 0 spiro atoms. The summed E-state index contributed by atoms with van der Waals surface area (Å²) in [6, 6.07) is 31.5. The van der Waals surface area contributed by atoms with Crippen LogP contribution in [0.25, 0.3) is 11.2 Å². The number of ether oxygens (including phenoxy) is 5. The minimum atomic E-state index is -2.32. The molecule has 4 atom stereocenters. The van der Waals surface area contributed by atoms with Gasteiger partial charge in [-0.25, -0.2) is 4.98 Å². The van der Waals surface area contributed by atoms with E-state index in [1.807, 2.05) is 91.0 Å². The Balaban J connectivity index is 1.46. The Morgan fingerprint density at radius 3 is 2.00 bits per heavy atom. The molecule has 1 saturated heterocycles. The molecular formula is C42H43N5O8. The lowest BCUT2D eigenvalue weighted by Crippen LogP contribution is -2.62. The number of nitrogens with zero attached hydrogens (tertiary/aromatic N) is 3. The lowest BCUT2D eigenvalue weighted by Gasteiger charge is -2.46. The summed E-state index contributed by atoms with van der Waals surface area (Å²) in [7, 11) is 3.16. The molecule has 4 N–H and O–H groups in total. The van der Waals surface area contributed by atoms with Crippen molar-refractivity contribution in [2.45, 2.75) is 62.9 Å². The van der Waals surface area contributed by atoms with Crippen molar-refractivity contribution in [2.75, 3.05) is 20.0 Å². The first-order chi connectivity index (χ1) is 26.5. The molecule has 6 aromatic rings. The summed E-state index contributed by atoms with van der Waals surface area (Å²) in [5.41, 5.74) is 6.94. The van der Waals surface area contributed by atoms with Gasteiger partial charge in [0.25, 0.3) is 5.56 Å². The van der Waals surface area contributed by atoms with Crippen molar-refractivity contribution < 1.29 is 33.6 Å². The molecule has 0 saturated carbocycles. The number of carbonyl (C=O) groups is 1. The van der Waals surface area contributed by atoms with Gasteiger partial charge in [-0.05, 0) is 64.6 Å². The van der Waals surface area contributed by atoms with Gasteiger partial charge in [-0.15, -0.1) is 0 Å². The predicted molar refractivity (Wildman–Crippen MR) is 205 cm³/mol. The average molecular weight is 746 g/mol. The molecule has 2 aromatic heterocycles. The van der Waals surface area contributed by atoms with Gasteiger partial charge in [0.05, 0.1) is 26.7 Å². The molecule has 3 heterocycles. The zero-order chi connectivity index (χ0) is 38.9. The highest BCUT2D eigenvalue weighted by Crippen LogP contribution is 2.49. The first-order valence-electron chi connectivity index (χ1n) is 17.9. The molecule has 284 valence electrons. The van der Waals surface area contributed by atoms with Gasteiger partial charge in [-0.1, -0.05) is 80.6 Å². The lowest BCUT2D eigenvalue weighted by molar-refractivity contribution is -0.276. The summed E-state index contributed by atoms with van der Waals surface area (Å²) in [6.07, 6.45) is -2.38. The fourth-order valence-corrected chi connectivity index (χ4v) is 7.13. The van der Waals surface area contributed by atoms with E-state index in [4.69, 9.17) is 29.4 Å². The Hall–Kier alpha value is -6.02. The van der Waals surface area contributed by atoms with Gasteiger partial charge in [-0.3, -0.25) is 19.1 Å². The highest BCUT2D eigenvalue weighted by atomic mass is 16.7. The number of benzene rings is 4. The molecule has 13 heteroatoms. The highest BCUT2D eigenvalue weighted by Gasteiger charge is 2.60. The number of rotatable bonds is 13. The topological polar surface area (TPSA) is 173 Å². The van der Waals surface area contributed by atoms with Crippen molar-refractivity contribution in [2.24, 2.45) is 0 Å². The second-order valence-corrected chi connectivity index (χ2v) is 13.7. The van der Waals surface area contributed by atoms with Crippen molar-refractivity contribution in [3.05, 3.63) is 142 Å². The van der Waals surface area contributed by atoms with Crippen LogP contribution in [0.5, 0.6) is 17.2 Å². The van der Waals surface area contributed by atoms with Crippen LogP contribution in [0, 0.1) is 0 Å². The first kappa shape index (κ1) is 37.3. The largest absolute Gasteiger partial charge is 0.497 e. The maximum absolute atomic E-state index is 14.7. The lowest BCUT2D eigenvalue weighted by atomic mass is 9.79. The number of anilines is 1. The number of aliphatic hydroxyl groups excluding tert-OH is 1. The average Bonchev–Trinajstić information content (AvgIpc) is 3.80. The normalized spacial score (nSPS) is 18.3. The molecule has 1 aliphatic rings. The molecule has 4 aromatic carbocycles. The van der Waals surface area contributed by atoms with Crippen LogP contribution in [0.2, 0.25) is 0 Å². The maximum Gasteiger partial charge on any atom is 0.300 e. The Kier molecular flexibility index (Phi) is 10.2. The fraction of sp³-hybridized carbons (Fsp3) is 0.286. The molecule has 0 amide bonds. The SMILES string of the molecule is COc1ccc(C(OC(Oc2ccc(C(C)C)cc2)(C(C)=O)[C@H]2O[C@@H](n3cnc4c(=O)[nH]c(N)nc43)C[C@@H]2O)(c2ccccc2)c2ccc(OC)cc2)cc1. The molecule has 55 heavy (non-hydrogen) atoms. The third-order valence-corrected chi connectivity index (χ3v) is 10.0. The Bertz CT molecular complexity index is 2280. The van der Waals surface area contributed by atoms with Gasteiger partial charge in [0.1, 0.15) is 29.1 Å². The van der Waals surface area contributed by atoms with Crippen LogP contribution in [-0.4, -0.2) is 62.6 Å². The molecule has 7 rings (SSSR count). The molecular weight excluding hydrogens is 702 g/mol. The van der Waals surface area contributed by atoms with Crippen LogP contribution in [0.4, 0.5) is 5.95 Å². The number of aliphatic hydroxyl groups is 1. The second kappa shape index (κ2) is 15.0. The first-order valence-corrected chi connectivity index (χ1v) is 17.9. The van der Waals surface area contributed by atoms with E-state index in [9.17, 15) is 14.7 Å². The van der Waals surface area contributed by atoms with Gasteiger partial charge in [-0.2, -0.15) is 4.98 Å². The van der Waals surface area contributed by atoms with Gasteiger partial charge >= 0.3 is 5.79 Å².